The number of carbonyl (C=O) groups is 2. The highest BCUT2D eigenvalue weighted by Gasteiger charge is 2.21. The fourth-order valence-electron chi connectivity index (χ4n) is 2.57. The van der Waals surface area contributed by atoms with Crippen LogP contribution in [0.5, 0.6) is 0 Å². The number of nitrogens with one attached hydrogen (secondary N) is 2. The summed E-state index contributed by atoms with van der Waals surface area (Å²) in [5.74, 6) is -0.573. The highest BCUT2D eigenvalue weighted by Crippen LogP contribution is 2.05. The molecule has 4 N–H and O–H groups in total. The number of nitrogens with zero attached hydrogens (tertiary/aromatic N) is 2. The Balaban J connectivity index is 1.84. The van der Waals surface area contributed by atoms with Gasteiger partial charge in [-0.1, -0.05) is 37.3 Å². The Morgan fingerprint density at radius 3 is 2.52 bits per heavy atom. The van der Waals surface area contributed by atoms with Crippen molar-refractivity contribution in [1.82, 2.24) is 20.2 Å². The van der Waals surface area contributed by atoms with Crippen molar-refractivity contribution in [3.63, 3.8) is 0 Å². The molecule has 0 fully saturated rings. The molecule has 0 bridgehead atoms. The van der Waals surface area contributed by atoms with Crippen molar-refractivity contribution in [3.8, 4) is 0 Å². The van der Waals surface area contributed by atoms with Crippen LogP contribution in [0.1, 0.15) is 38.4 Å². The molecule has 0 spiro atoms. The summed E-state index contributed by atoms with van der Waals surface area (Å²) in [6.07, 6.45) is 4.76. The first-order chi connectivity index (χ1) is 12.9. The van der Waals surface area contributed by atoms with Crippen molar-refractivity contribution < 1.29 is 9.59 Å². The quantitative estimate of drug-likeness (QED) is 0.617. The van der Waals surface area contributed by atoms with E-state index in [1.807, 2.05) is 54.9 Å². The molecule has 0 aliphatic heterocycles. The minimum Gasteiger partial charge on any atom is -0.352 e. The molecule has 3 atom stereocenters. The summed E-state index contributed by atoms with van der Waals surface area (Å²) in [6, 6.07) is 8.73. The maximum atomic E-state index is 12.3. The predicted octanol–water partition coefficient (Wildman–Crippen LogP) is 1.22. The Kier molecular flexibility index (Phi) is 7.55. The van der Waals surface area contributed by atoms with Crippen molar-refractivity contribution in [3.05, 3.63) is 54.1 Å². The van der Waals surface area contributed by atoms with Gasteiger partial charge in [0.25, 0.3) is 0 Å². The standard InChI is InChI=1S/C20H29N5O2/c1-4-14(2)23-19(26)15(3)24-20(27)18(21)10-17-12-25(13-22-17)11-16-8-6-5-7-9-16/h5-9,12-15,18H,4,10-11,21H2,1-3H3,(H,23,26)(H,24,27)/t14?,15?,18-/m0/s1. The average molecular weight is 371 g/mol. The van der Waals surface area contributed by atoms with Gasteiger partial charge in [0.15, 0.2) is 0 Å². The van der Waals surface area contributed by atoms with Crippen LogP contribution in [0.2, 0.25) is 0 Å². The third-order valence-corrected chi connectivity index (χ3v) is 4.41. The van der Waals surface area contributed by atoms with Crippen LogP contribution in [0, 0.1) is 0 Å². The minimum absolute atomic E-state index is 0.0686. The van der Waals surface area contributed by atoms with Gasteiger partial charge in [-0.2, -0.15) is 0 Å². The van der Waals surface area contributed by atoms with E-state index in [1.165, 1.54) is 5.56 Å². The largest absolute Gasteiger partial charge is 0.352 e. The van der Waals surface area contributed by atoms with Gasteiger partial charge >= 0.3 is 0 Å². The first-order valence-corrected chi connectivity index (χ1v) is 9.30. The monoisotopic (exact) mass is 371 g/mol. The first kappa shape index (κ1) is 20.6. The number of aromatic nitrogens is 2. The highest BCUT2D eigenvalue weighted by molar-refractivity contribution is 5.89. The van der Waals surface area contributed by atoms with Gasteiger partial charge in [0.05, 0.1) is 18.1 Å². The third-order valence-electron chi connectivity index (χ3n) is 4.41. The van der Waals surface area contributed by atoms with E-state index in [0.29, 0.717) is 13.0 Å². The second-order valence-corrected chi connectivity index (χ2v) is 6.88. The van der Waals surface area contributed by atoms with Gasteiger partial charge in [0.1, 0.15) is 6.04 Å². The van der Waals surface area contributed by atoms with Crippen molar-refractivity contribution in [2.45, 2.75) is 58.3 Å². The van der Waals surface area contributed by atoms with Crippen molar-refractivity contribution in [1.29, 1.82) is 0 Å². The van der Waals surface area contributed by atoms with E-state index >= 15 is 0 Å². The van der Waals surface area contributed by atoms with Crippen molar-refractivity contribution in [2.75, 3.05) is 0 Å². The fourth-order valence-corrected chi connectivity index (χ4v) is 2.57. The number of benzene rings is 1. The second-order valence-electron chi connectivity index (χ2n) is 6.88. The van der Waals surface area contributed by atoms with E-state index < -0.39 is 12.1 Å². The molecule has 1 heterocycles. The Labute approximate surface area is 160 Å². The summed E-state index contributed by atoms with van der Waals surface area (Å²) in [6.45, 7) is 6.27. The highest BCUT2D eigenvalue weighted by atomic mass is 16.2. The van der Waals surface area contributed by atoms with Gasteiger partial charge in [-0.25, -0.2) is 4.98 Å². The van der Waals surface area contributed by atoms with E-state index in [9.17, 15) is 9.59 Å². The molecule has 0 aliphatic rings. The predicted molar refractivity (Wildman–Crippen MR) is 105 cm³/mol. The molecule has 0 saturated heterocycles. The van der Waals surface area contributed by atoms with Crippen LogP contribution in [0.3, 0.4) is 0 Å². The molecule has 2 amide bonds. The zero-order valence-corrected chi connectivity index (χ0v) is 16.2. The molecular weight excluding hydrogens is 342 g/mol. The van der Waals surface area contributed by atoms with Crippen LogP contribution < -0.4 is 16.4 Å². The number of carbonyl (C=O) groups excluding carboxylic acids is 2. The lowest BCUT2D eigenvalue weighted by molar-refractivity contribution is -0.129. The van der Waals surface area contributed by atoms with Crippen LogP contribution >= 0.6 is 0 Å². The molecular formula is C20H29N5O2. The summed E-state index contributed by atoms with van der Waals surface area (Å²) < 4.78 is 1.96. The number of hydrogen-bond donors (Lipinski definition) is 3. The van der Waals surface area contributed by atoms with E-state index in [0.717, 1.165) is 12.1 Å². The average Bonchev–Trinajstić information content (AvgIpc) is 3.08. The lowest BCUT2D eigenvalue weighted by atomic mass is 10.1. The Bertz CT molecular complexity index is 744. The van der Waals surface area contributed by atoms with Crippen molar-refractivity contribution >= 4 is 11.8 Å². The van der Waals surface area contributed by atoms with Gasteiger partial charge in [-0.3, -0.25) is 9.59 Å². The SMILES string of the molecule is CCC(C)NC(=O)C(C)NC(=O)[C@@H](N)Cc1cn(Cc2ccccc2)cn1. The maximum Gasteiger partial charge on any atom is 0.242 e. The number of rotatable bonds is 9. The summed E-state index contributed by atoms with van der Waals surface area (Å²) in [5, 5.41) is 5.50. The molecule has 7 heteroatoms. The van der Waals surface area contributed by atoms with Crippen LogP contribution in [0.25, 0.3) is 0 Å². The van der Waals surface area contributed by atoms with Gasteiger partial charge in [-0.05, 0) is 25.8 Å². The molecule has 2 aromatic rings. The van der Waals surface area contributed by atoms with Crippen LogP contribution in [0.4, 0.5) is 0 Å². The molecule has 0 saturated carbocycles. The van der Waals surface area contributed by atoms with Gasteiger partial charge in [0.2, 0.25) is 11.8 Å². The molecule has 1 aromatic carbocycles. The molecule has 2 rings (SSSR count). The number of nitrogens with two attached hydrogens (primary N) is 1. The number of amides is 2. The molecule has 27 heavy (non-hydrogen) atoms. The number of imidazole rings is 1. The van der Waals surface area contributed by atoms with Crippen molar-refractivity contribution in [2.24, 2.45) is 5.73 Å². The van der Waals surface area contributed by atoms with Crippen LogP contribution in [-0.2, 0) is 22.6 Å². The summed E-state index contributed by atoms with van der Waals surface area (Å²) in [4.78, 5) is 28.6. The topological polar surface area (TPSA) is 102 Å². The summed E-state index contributed by atoms with van der Waals surface area (Å²) >= 11 is 0. The normalized spacial score (nSPS) is 14.2. The lowest BCUT2D eigenvalue weighted by Crippen LogP contribution is -2.52. The molecule has 1 aromatic heterocycles. The van der Waals surface area contributed by atoms with E-state index in [-0.39, 0.29) is 17.9 Å². The van der Waals surface area contributed by atoms with E-state index in [4.69, 9.17) is 5.73 Å². The third kappa shape index (κ3) is 6.53. The second kappa shape index (κ2) is 9.87. The number of hydrogen-bond acceptors (Lipinski definition) is 4. The fraction of sp³-hybridized carbons (Fsp3) is 0.450. The smallest absolute Gasteiger partial charge is 0.242 e. The summed E-state index contributed by atoms with van der Waals surface area (Å²) in [7, 11) is 0. The first-order valence-electron chi connectivity index (χ1n) is 9.30. The van der Waals surface area contributed by atoms with Crippen LogP contribution in [0.15, 0.2) is 42.9 Å². The maximum absolute atomic E-state index is 12.3. The molecule has 0 radical (unpaired) electrons. The molecule has 7 nitrogen and oxygen atoms in total. The van der Waals surface area contributed by atoms with Gasteiger partial charge in [0, 0.05) is 25.2 Å². The van der Waals surface area contributed by atoms with Gasteiger partial charge in [-0.15, -0.1) is 0 Å². The van der Waals surface area contributed by atoms with E-state index in [1.54, 1.807) is 13.3 Å². The minimum atomic E-state index is -0.760. The Hall–Kier alpha value is -2.67. The Morgan fingerprint density at radius 2 is 1.85 bits per heavy atom. The summed E-state index contributed by atoms with van der Waals surface area (Å²) in [5.41, 5.74) is 7.91. The molecule has 0 aliphatic carbocycles. The lowest BCUT2D eigenvalue weighted by Gasteiger charge is -2.19. The molecule has 146 valence electrons. The Morgan fingerprint density at radius 1 is 1.15 bits per heavy atom. The zero-order valence-electron chi connectivity index (χ0n) is 16.2. The zero-order chi connectivity index (χ0) is 19.8. The van der Waals surface area contributed by atoms with E-state index in [2.05, 4.69) is 15.6 Å². The van der Waals surface area contributed by atoms with Gasteiger partial charge < -0.3 is 20.9 Å². The van der Waals surface area contributed by atoms with Crippen LogP contribution in [-0.4, -0.2) is 39.5 Å². The molecule has 2 unspecified atom stereocenters.